The van der Waals surface area contributed by atoms with Gasteiger partial charge < -0.3 is 10.2 Å². The van der Waals surface area contributed by atoms with Gasteiger partial charge in [0.05, 0.1) is 6.54 Å². The van der Waals surface area contributed by atoms with Crippen molar-refractivity contribution in [3.8, 4) is 0 Å². The number of rotatable bonds is 4. The molecule has 2 fully saturated rings. The fraction of sp³-hybridized carbons (Fsp3) is 0.667. The summed E-state index contributed by atoms with van der Waals surface area (Å²) in [6.45, 7) is 5.85. The average molecular weight is 334 g/mol. The number of hydrogen-bond acceptors (Lipinski definition) is 4. The minimum absolute atomic E-state index is 0.131. The second-order valence-electron chi connectivity index (χ2n) is 7.12. The second-order valence-corrected chi connectivity index (χ2v) is 7.12. The maximum absolute atomic E-state index is 13.2. The first-order valence-corrected chi connectivity index (χ1v) is 8.99. The lowest BCUT2D eigenvalue weighted by atomic mass is 9.87. The van der Waals surface area contributed by atoms with E-state index < -0.39 is 5.95 Å². The van der Waals surface area contributed by atoms with Gasteiger partial charge in [0.25, 0.3) is 0 Å². The van der Waals surface area contributed by atoms with Crippen LogP contribution in [0.3, 0.4) is 0 Å². The van der Waals surface area contributed by atoms with Gasteiger partial charge in [0.15, 0.2) is 0 Å². The van der Waals surface area contributed by atoms with Crippen LogP contribution in [0.25, 0.3) is 0 Å². The van der Waals surface area contributed by atoms with E-state index in [1.54, 1.807) is 6.07 Å². The average Bonchev–Trinajstić information content (AvgIpc) is 2.55. The molecule has 3 rings (SSSR count). The van der Waals surface area contributed by atoms with Crippen molar-refractivity contribution >= 4 is 11.7 Å². The summed E-state index contributed by atoms with van der Waals surface area (Å²) in [5.74, 6) is 1.07. The molecular weight excluding hydrogens is 307 g/mol. The third-order valence-electron chi connectivity index (χ3n) is 5.07. The second kappa shape index (κ2) is 7.92. The summed E-state index contributed by atoms with van der Waals surface area (Å²) < 4.78 is 13.2. The van der Waals surface area contributed by atoms with Crippen LogP contribution in [0.1, 0.15) is 32.6 Å². The van der Waals surface area contributed by atoms with Crippen LogP contribution in [-0.2, 0) is 4.79 Å². The van der Waals surface area contributed by atoms with Gasteiger partial charge in [-0.25, -0.2) is 4.98 Å². The summed E-state index contributed by atoms with van der Waals surface area (Å²) >= 11 is 0. The number of carbonyl (C=O) groups excluding carboxylic acids is 1. The fourth-order valence-corrected chi connectivity index (χ4v) is 3.75. The standard InChI is InChI=1S/C18H27FN4O/c1-14-4-2-5-15(12-14)20-18(24)13-22-8-10-23(11-9-22)17-7-3-6-16(19)21-17/h3,6-7,14-15H,2,4-5,8-13H2,1H3,(H,20,24). The van der Waals surface area contributed by atoms with E-state index in [9.17, 15) is 9.18 Å². The molecule has 1 saturated carbocycles. The molecule has 2 aliphatic rings. The van der Waals surface area contributed by atoms with Crippen molar-refractivity contribution in [1.82, 2.24) is 15.2 Å². The van der Waals surface area contributed by atoms with Gasteiger partial charge in [0.2, 0.25) is 11.9 Å². The molecule has 6 heteroatoms. The van der Waals surface area contributed by atoms with Crippen molar-refractivity contribution in [2.45, 2.75) is 38.6 Å². The lowest BCUT2D eigenvalue weighted by Crippen LogP contribution is -2.51. The van der Waals surface area contributed by atoms with Crippen LogP contribution < -0.4 is 10.2 Å². The molecule has 1 amide bonds. The first-order valence-electron chi connectivity index (χ1n) is 8.99. The number of piperazine rings is 1. The van der Waals surface area contributed by atoms with Gasteiger partial charge in [-0.05, 0) is 30.9 Å². The molecule has 2 heterocycles. The highest BCUT2D eigenvalue weighted by atomic mass is 19.1. The molecule has 0 radical (unpaired) electrons. The van der Waals surface area contributed by atoms with E-state index >= 15 is 0 Å². The first-order chi connectivity index (χ1) is 11.6. The van der Waals surface area contributed by atoms with E-state index in [-0.39, 0.29) is 5.91 Å². The summed E-state index contributed by atoms with van der Waals surface area (Å²) in [6, 6.07) is 5.22. The van der Waals surface area contributed by atoms with Crippen LogP contribution in [0.15, 0.2) is 18.2 Å². The number of nitrogens with zero attached hydrogens (tertiary/aromatic N) is 3. The largest absolute Gasteiger partial charge is 0.354 e. The molecule has 24 heavy (non-hydrogen) atoms. The summed E-state index contributed by atoms with van der Waals surface area (Å²) in [5, 5.41) is 3.19. The number of hydrogen-bond donors (Lipinski definition) is 1. The summed E-state index contributed by atoms with van der Waals surface area (Å²) in [6.07, 6.45) is 4.70. The Balaban J connectivity index is 1.42. The van der Waals surface area contributed by atoms with Crippen LogP contribution in [0.2, 0.25) is 0 Å². The number of carbonyl (C=O) groups is 1. The Bertz CT molecular complexity index is 560. The van der Waals surface area contributed by atoms with Gasteiger partial charge in [0, 0.05) is 32.2 Å². The predicted octanol–water partition coefficient (Wildman–Crippen LogP) is 2.04. The highest BCUT2D eigenvalue weighted by Gasteiger charge is 2.23. The Morgan fingerprint density at radius 3 is 2.79 bits per heavy atom. The van der Waals surface area contributed by atoms with E-state index in [0.29, 0.717) is 24.3 Å². The molecular formula is C18H27FN4O. The molecule has 0 bridgehead atoms. The lowest BCUT2D eigenvalue weighted by molar-refractivity contribution is -0.123. The van der Waals surface area contributed by atoms with Gasteiger partial charge >= 0.3 is 0 Å². The van der Waals surface area contributed by atoms with Crippen molar-refractivity contribution in [2.75, 3.05) is 37.6 Å². The van der Waals surface area contributed by atoms with Crippen molar-refractivity contribution in [1.29, 1.82) is 0 Å². The van der Waals surface area contributed by atoms with Crippen molar-refractivity contribution in [2.24, 2.45) is 5.92 Å². The van der Waals surface area contributed by atoms with E-state index in [2.05, 4.69) is 27.0 Å². The third-order valence-corrected chi connectivity index (χ3v) is 5.07. The fourth-order valence-electron chi connectivity index (χ4n) is 3.75. The van der Waals surface area contributed by atoms with Gasteiger partial charge in [-0.15, -0.1) is 0 Å². The maximum atomic E-state index is 13.2. The molecule has 2 unspecified atom stereocenters. The number of aromatic nitrogens is 1. The Labute approximate surface area is 143 Å². The van der Waals surface area contributed by atoms with Gasteiger partial charge in [-0.3, -0.25) is 9.69 Å². The van der Waals surface area contributed by atoms with E-state index in [4.69, 9.17) is 0 Å². The quantitative estimate of drug-likeness (QED) is 0.856. The SMILES string of the molecule is CC1CCCC(NC(=O)CN2CCN(c3cccc(F)n3)CC2)C1. The van der Waals surface area contributed by atoms with Gasteiger partial charge in [-0.1, -0.05) is 25.8 Å². The minimum Gasteiger partial charge on any atom is -0.354 e. The van der Waals surface area contributed by atoms with E-state index in [1.807, 2.05) is 6.07 Å². The number of nitrogens with one attached hydrogen (secondary N) is 1. The Kier molecular flexibility index (Phi) is 5.66. The lowest BCUT2D eigenvalue weighted by Gasteiger charge is -2.35. The van der Waals surface area contributed by atoms with Crippen LogP contribution in [0, 0.1) is 11.9 Å². The van der Waals surface area contributed by atoms with Crippen LogP contribution >= 0.6 is 0 Å². The van der Waals surface area contributed by atoms with Crippen LogP contribution in [0.4, 0.5) is 10.2 Å². The number of halogens is 1. The van der Waals surface area contributed by atoms with Crippen molar-refractivity contribution in [3.05, 3.63) is 24.1 Å². The zero-order valence-electron chi connectivity index (χ0n) is 14.4. The van der Waals surface area contributed by atoms with Crippen molar-refractivity contribution in [3.63, 3.8) is 0 Å². The number of pyridine rings is 1. The first kappa shape index (κ1) is 17.1. The van der Waals surface area contributed by atoms with E-state index in [0.717, 1.165) is 39.0 Å². The predicted molar refractivity (Wildman–Crippen MR) is 92.4 cm³/mol. The molecule has 1 aromatic rings. The molecule has 1 saturated heterocycles. The summed E-state index contributed by atoms with van der Waals surface area (Å²) in [7, 11) is 0. The molecule has 1 aliphatic carbocycles. The molecule has 5 nitrogen and oxygen atoms in total. The molecule has 0 aromatic carbocycles. The summed E-state index contributed by atoms with van der Waals surface area (Å²) in [5.41, 5.74) is 0. The smallest absolute Gasteiger partial charge is 0.234 e. The minimum atomic E-state index is -0.448. The molecule has 1 aliphatic heterocycles. The molecule has 0 spiro atoms. The Morgan fingerprint density at radius 2 is 2.08 bits per heavy atom. The van der Waals surface area contributed by atoms with Crippen LogP contribution in [0.5, 0.6) is 0 Å². The normalized spacial score (nSPS) is 25.5. The zero-order valence-corrected chi connectivity index (χ0v) is 14.4. The van der Waals surface area contributed by atoms with E-state index in [1.165, 1.54) is 18.9 Å². The topological polar surface area (TPSA) is 48.5 Å². The van der Waals surface area contributed by atoms with Crippen molar-refractivity contribution < 1.29 is 9.18 Å². The molecule has 2 atom stereocenters. The summed E-state index contributed by atoms with van der Waals surface area (Å²) in [4.78, 5) is 20.4. The monoisotopic (exact) mass is 334 g/mol. The zero-order chi connectivity index (χ0) is 16.9. The highest BCUT2D eigenvalue weighted by molar-refractivity contribution is 5.78. The highest BCUT2D eigenvalue weighted by Crippen LogP contribution is 2.23. The van der Waals surface area contributed by atoms with Gasteiger partial charge in [0.1, 0.15) is 5.82 Å². The third kappa shape index (κ3) is 4.66. The number of anilines is 1. The molecule has 1 N–H and O–H groups in total. The van der Waals surface area contributed by atoms with Gasteiger partial charge in [-0.2, -0.15) is 4.39 Å². The Hall–Kier alpha value is -1.69. The molecule has 1 aromatic heterocycles. The molecule has 132 valence electrons. The maximum Gasteiger partial charge on any atom is 0.234 e. The van der Waals surface area contributed by atoms with Crippen LogP contribution in [-0.4, -0.2) is 54.6 Å². The Morgan fingerprint density at radius 1 is 1.29 bits per heavy atom. The number of amides is 1.